The number of nitrogens with zero attached hydrogens (tertiary/aromatic N) is 2. The average molecular weight is 225 g/mol. The Bertz CT molecular complexity index is 396. The van der Waals surface area contributed by atoms with Gasteiger partial charge in [-0.15, -0.1) is 17.4 Å². The predicted octanol–water partition coefficient (Wildman–Crippen LogP) is -0.256. The highest BCUT2D eigenvalue weighted by molar-refractivity contribution is 7.07. The lowest BCUT2D eigenvalue weighted by Crippen LogP contribution is -2.40. The van der Waals surface area contributed by atoms with Crippen molar-refractivity contribution in [1.82, 2.24) is 14.9 Å². The lowest BCUT2D eigenvalue weighted by molar-refractivity contribution is -0.139. The number of hydrogen-bond acceptors (Lipinski definition) is 5. The topological polar surface area (TPSA) is 92.2 Å². The zero-order valence-electron chi connectivity index (χ0n) is 7.51. The molecular weight excluding hydrogens is 218 g/mol. The Labute approximate surface area is 89.5 Å². The van der Waals surface area contributed by atoms with Crippen molar-refractivity contribution in [3.63, 3.8) is 0 Å². The lowest BCUT2D eigenvalue weighted by Gasteiger charge is -2.09. The van der Waals surface area contributed by atoms with Gasteiger partial charge in [-0.2, -0.15) is 0 Å². The number of carbonyl (C=O) groups is 2. The highest BCUT2D eigenvalue weighted by atomic mass is 32.1. The molecule has 0 radical (unpaired) electrons. The first-order valence-electron chi connectivity index (χ1n) is 3.89. The van der Waals surface area contributed by atoms with Crippen LogP contribution in [0.2, 0.25) is 0 Å². The second kappa shape index (κ2) is 5.07. The van der Waals surface area contributed by atoms with E-state index in [1.807, 2.05) is 0 Å². The minimum absolute atomic E-state index is 0.0622. The summed E-state index contributed by atoms with van der Waals surface area (Å²) in [5.41, 5.74) is 0. The maximum Gasteiger partial charge on any atom is 0.327 e. The van der Waals surface area contributed by atoms with Crippen LogP contribution in [0.1, 0.15) is 16.1 Å². The van der Waals surface area contributed by atoms with Gasteiger partial charge < -0.3 is 10.4 Å². The molecule has 1 amide bonds. The maximum atomic E-state index is 11.4. The third-order valence-corrected chi connectivity index (χ3v) is 2.17. The number of carboxylic acid groups (broad SMARTS) is 1. The van der Waals surface area contributed by atoms with Crippen molar-refractivity contribution in [2.24, 2.45) is 0 Å². The molecule has 1 atom stereocenters. The molecule has 7 heteroatoms. The Balaban J connectivity index is 2.64. The van der Waals surface area contributed by atoms with E-state index in [9.17, 15) is 9.59 Å². The van der Waals surface area contributed by atoms with Gasteiger partial charge in [0.1, 0.15) is 10.9 Å². The largest absolute Gasteiger partial charge is 0.480 e. The molecule has 0 fully saturated rings. The van der Waals surface area contributed by atoms with Crippen LogP contribution >= 0.6 is 11.5 Å². The fourth-order valence-corrected chi connectivity index (χ4v) is 1.23. The Morgan fingerprint density at radius 2 is 2.47 bits per heavy atom. The molecule has 1 rings (SSSR count). The molecule has 0 bridgehead atoms. The first-order chi connectivity index (χ1) is 7.15. The van der Waals surface area contributed by atoms with Gasteiger partial charge in [-0.05, 0) is 11.5 Å². The molecule has 1 aromatic heterocycles. The van der Waals surface area contributed by atoms with E-state index in [1.54, 1.807) is 0 Å². The minimum Gasteiger partial charge on any atom is -0.480 e. The van der Waals surface area contributed by atoms with E-state index in [4.69, 9.17) is 11.5 Å². The molecule has 0 saturated carbocycles. The summed E-state index contributed by atoms with van der Waals surface area (Å²) in [4.78, 5) is 22.3. The molecule has 1 heterocycles. The van der Waals surface area contributed by atoms with Gasteiger partial charge >= 0.3 is 5.97 Å². The van der Waals surface area contributed by atoms with Crippen molar-refractivity contribution in [2.75, 3.05) is 0 Å². The number of aliphatic carboxylic acids is 1. The van der Waals surface area contributed by atoms with E-state index < -0.39 is 17.9 Å². The summed E-state index contributed by atoms with van der Waals surface area (Å²) in [6.07, 6.45) is 6.17. The highest BCUT2D eigenvalue weighted by Gasteiger charge is 2.20. The monoisotopic (exact) mass is 225 g/mol. The number of carbonyl (C=O) groups excluding carboxylic acids is 1. The Hall–Kier alpha value is -1.94. The number of carboxylic acids is 1. The zero-order chi connectivity index (χ0) is 11.3. The molecular formula is C8H7N3O3S. The van der Waals surface area contributed by atoms with Gasteiger partial charge in [-0.25, -0.2) is 4.79 Å². The molecule has 0 aliphatic heterocycles. The maximum absolute atomic E-state index is 11.4. The molecule has 78 valence electrons. The fourth-order valence-electron chi connectivity index (χ4n) is 0.815. The van der Waals surface area contributed by atoms with Crippen molar-refractivity contribution in [1.29, 1.82) is 0 Å². The smallest absolute Gasteiger partial charge is 0.327 e. The Morgan fingerprint density at radius 3 is 2.93 bits per heavy atom. The van der Waals surface area contributed by atoms with Crippen LogP contribution in [0.3, 0.4) is 0 Å². The SMILES string of the molecule is C#CCC(NC(=O)c1cnns1)C(=O)O. The summed E-state index contributed by atoms with van der Waals surface area (Å²) in [6, 6.07) is -1.08. The van der Waals surface area contributed by atoms with Gasteiger partial charge in [0, 0.05) is 6.42 Å². The van der Waals surface area contributed by atoms with E-state index in [-0.39, 0.29) is 11.3 Å². The molecule has 1 aromatic rings. The van der Waals surface area contributed by atoms with Crippen LogP contribution in [0.25, 0.3) is 0 Å². The van der Waals surface area contributed by atoms with Crippen molar-refractivity contribution in [3.8, 4) is 12.3 Å². The van der Waals surface area contributed by atoms with Crippen LogP contribution in [0.15, 0.2) is 6.20 Å². The van der Waals surface area contributed by atoms with Crippen LogP contribution in [-0.4, -0.2) is 32.6 Å². The summed E-state index contributed by atoms with van der Waals surface area (Å²) in [5, 5.41) is 14.4. The van der Waals surface area contributed by atoms with Gasteiger partial charge in [-0.1, -0.05) is 4.49 Å². The zero-order valence-corrected chi connectivity index (χ0v) is 8.32. The first kappa shape index (κ1) is 11.1. The Morgan fingerprint density at radius 1 is 1.73 bits per heavy atom. The van der Waals surface area contributed by atoms with E-state index in [2.05, 4.69) is 20.8 Å². The van der Waals surface area contributed by atoms with Crippen molar-refractivity contribution in [3.05, 3.63) is 11.1 Å². The van der Waals surface area contributed by atoms with Gasteiger partial charge in [0.25, 0.3) is 5.91 Å². The van der Waals surface area contributed by atoms with E-state index in [1.165, 1.54) is 6.20 Å². The van der Waals surface area contributed by atoms with Crippen molar-refractivity contribution in [2.45, 2.75) is 12.5 Å². The summed E-state index contributed by atoms with van der Waals surface area (Å²) < 4.78 is 3.48. The van der Waals surface area contributed by atoms with Gasteiger partial charge in [0.15, 0.2) is 0 Å². The molecule has 1 unspecified atom stereocenters. The minimum atomic E-state index is -1.17. The van der Waals surface area contributed by atoms with Crippen LogP contribution in [0.5, 0.6) is 0 Å². The molecule has 0 aliphatic carbocycles. The highest BCUT2D eigenvalue weighted by Crippen LogP contribution is 2.02. The predicted molar refractivity (Wildman–Crippen MR) is 52.2 cm³/mol. The third kappa shape index (κ3) is 3.03. The van der Waals surface area contributed by atoms with Gasteiger partial charge in [-0.3, -0.25) is 4.79 Å². The summed E-state index contributed by atoms with van der Waals surface area (Å²) >= 11 is 0.885. The van der Waals surface area contributed by atoms with Crippen LogP contribution in [0.4, 0.5) is 0 Å². The van der Waals surface area contributed by atoms with Gasteiger partial charge in [0.2, 0.25) is 0 Å². The molecule has 0 aliphatic rings. The molecule has 15 heavy (non-hydrogen) atoms. The van der Waals surface area contributed by atoms with E-state index >= 15 is 0 Å². The molecule has 2 N–H and O–H groups in total. The quantitative estimate of drug-likeness (QED) is 0.689. The summed E-state index contributed by atoms with van der Waals surface area (Å²) in [7, 11) is 0. The number of hydrogen-bond donors (Lipinski definition) is 2. The number of rotatable bonds is 4. The fraction of sp³-hybridized carbons (Fsp3) is 0.250. The van der Waals surface area contributed by atoms with E-state index in [0.717, 1.165) is 11.5 Å². The Kier molecular flexibility index (Phi) is 3.76. The second-order valence-electron chi connectivity index (χ2n) is 2.55. The summed E-state index contributed by atoms with van der Waals surface area (Å²) in [5.74, 6) is 0.474. The number of nitrogens with one attached hydrogen (secondary N) is 1. The second-order valence-corrected chi connectivity index (χ2v) is 3.34. The van der Waals surface area contributed by atoms with Gasteiger partial charge in [0.05, 0.1) is 6.20 Å². The lowest BCUT2D eigenvalue weighted by atomic mass is 10.2. The van der Waals surface area contributed by atoms with Crippen molar-refractivity contribution < 1.29 is 14.7 Å². The van der Waals surface area contributed by atoms with E-state index in [0.29, 0.717) is 0 Å². The molecule has 6 nitrogen and oxygen atoms in total. The standard InChI is InChI=1S/C8H7N3O3S/c1-2-3-5(8(13)14)10-7(12)6-4-9-11-15-6/h1,4-5H,3H2,(H,10,12)(H,13,14). The van der Waals surface area contributed by atoms with Crippen LogP contribution in [0, 0.1) is 12.3 Å². The summed E-state index contributed by atoms with van der Waals surface area (Å²) in [6.45, 7) is 0. The molecule has 0 saturated heterocycles. The normalized spacial score (nSPS) is 11.4. The number of amides is 1. The number of terminal acetylenes is 1. The van der Waals surface area contributed by atoms with Crippen LogP contribution < -0.4 is 5.32 Å². The molecule has 0 spiro atoms. The molecule has 0 aromatic carbocycles. The van der Waals surface area contributed by atoms with Crippen LogP contribution in [-0.2, 0) is 4.79 Å². The number of aromatic nitrogens is 2. The van der Waals surface area contributed by atoms with Crippen molar-refractivity contribution >= 4 is 23.4 Å². The third-order valence-electron chi connectivity index (χ3n) is 1.51. The first-order valence-corrected chi connectivity index (χ1v) is 4.67. The average Bonchev–Trinajstić information content (AvgIpc) is 2.69.